The molecule has 4 atom stereocenters. The van der Waals surface area contributed by atoms with Gasteiger partial charge >= 0.3 is 0 Å². The van der Waals surface area contributed by atoms with Gasteiger partial charge in [-0.3, -0.25) is 0 Å². The number of thioether (sulfide) groups is 1. The number of rotatable bonds is 8. The van der Waals surface area contributed by atoms with Crippen molar-refractivity contribution in [3.8, 4) is 0 Å². The first kappa shape index (κ1) is 15.3. The summed E-state index contributed by atoms with van der Waals surface area (Å²) < 4.78 is 0. The van der Waals surface area contributed by atoms with Crippen LogP contribution in [0.15, 0.2) is 0 Å². The molecule has 0 spiro atoms. The maximum Gasteiger partial charge on any atom is 0.0627 e. The van der Waals surface area contributed by atoms with Crippen LogP contribution in [0.3, 0.4) is 0 Å². The van der Waals surface area contributed by atoms with Crippen molar-refractivity contribution in [3.63, 3.8) is 0 Å². The average molecular weight is 259 g/mol. The number of hydrogen-bond donors (Lipinski definition) is 2. The molecule has 0 amide bonds. The van der Waals surface area contributed by atoms with Crippen molar-refractivity contribution in [3.05, 3.63) is 0 Å². The summed E-state index contributed by atoms with van der Waals surface area (Å²) in [5, 5.41) is 13.5. The zero-order chi connectivity index (χ0) is 12.7. The van der Waals surface area contributed by atoms with E-state index in [2.05, 4.69) is 19.2 Å². The van der Waals surface area contributed by atoms with Crippen LogP contribution in [-0.2, 0) is 0 Å². The SMILES string of the molecule is CCCNC1CCCC1CCSC(C)C(C)O. The van der Waals surface area contributed by atoms with E-state index in [0.717, 1.165) is 12.0 Å². The molecule has 102 valence electrons. The molecule has 2 nitrogen and oxygen atoms in total. The summed E-state index contributed by atoms with van der Waals surface area (Å²) in [4.78, 5) is 0. The second-order valence-corrected chi connectivity index (χ2v) is 6.84. The van der Waals surface area contributed by atoms with E-state index in [4.69, 9.17) is 0 Å². The van der Waals surface area contributed by atoms with Gasteiger partial charge in [0.25, 0.3) is 0 Å². The molecule has 4 unspecified atom stereocenters. The van der Waals surface area contributed by atoms with Crippen molar-refractivity contribution in [1.82, 2.24) is 5.32 Å². The summed E-state index contributed by atoms with van der Waals surface area (Å²) in [6.07, 6.45) is 6.51. The standard InChI is InChI=1S/C14H29NOS/c1-4-9-15-14-7-5-6-13(14)8-10-17-12(3)11(2)16/h11-16H,4-10H2,1-3H3. The Morgan fingerprint density at radius 2 is 2.12 bits per heavy atom. The van der Waals surface area contributed by atoms with Crippen LogP contribution in [0.5, 0.6) is 0 Å². The van der Waals surface area contributed by atoms with Crippen LogP contribution in [0.25, 0.3) is 0 Å². The van der Waals surface area contributed by atoms with Crippen LogP contribution in [0.1, 0.15) is 52.9 Å². The van der Waals surface area contributed by atoms with Crippen LogP contribution in [0.4, 0.5) is 0 Å². The molecule has 0 bridgehead atoms. The smallest absolute Gasteiger partial charge is 0.0627 e. The van der Waals surface area contributed by atoms with Gasteiger partial charge < -0.3 is 10.4 Å². The fourth-order valence-electron chi connectivity index (χ4n) is 2.53. The molecule has 0 aliphatic heterocycles. The van der Waals surface area contributed by atoms with Gasteiger partial charge in [0.1, 0.15) is 0 Å². The maximum absolute atomic E-state index is 9.45. The van der Waals surface area contributed by atoms with E-state index in [-0.39, 0.29) is 6.10 Å². The largest absolute Gasteiger partial charge is 0.392 e. The van der Waals surface area contributed by atoms with E-state index < -0.39 is 0 Å². The van der Waals surface area contributed by atoms with Crippen LogP contribution >= 0.6 is 11.8 Å². The summed E-state index contributed by atoms with van der Waals surface area (Å²) in [7, 11) is 0. The second kappa shape index (κ2) is 8.39. The molecular weight excluding hydrogens is 230 g/mol. The van der Waals surface area contributed by atoms with E-state index in [9.17, 15) is 5.11 Å². The second-order valence-electron chi connectivity index (χ2n) is 5.36. The summed E-state index contributed by atoms with van der Waals surface area (Å²) in [6.45, 7) is 7.41. The van der Waals surface area contributed by atoms with Crippen LogP contribution in [-0.4, -0.2) is 34.8 Å². The van der Waals surface area contributed by atoms with Gasteiger partial charge in [0, 0.05) is 11.3 Å². The predicted octanol–water partition coefficient (Wildman–Crippen LogP) is 3.05. The Bertz CT molecular complexity index is 199. The third-order valence-corrected chi connectivity index (χ3v) is 5.26. The van der Waals surface area contributed by atoms with Gasteiger partial charge in [0.2, 0.25) is 0 Å². The highest BCUT2D eigenvalue weighted by Crippen LogP contribution is 2.30. The minimum absolute atomic E-state index is 0.183. The van der Waals surface area contributed by atoms with Crippen molar-refractivity contribution >= 4 is 11.8 Å². The topological polar surface area (TPSA) is 32.3 Å². The van der Waals surface area contributed by atoms with Gasteiger partial charge in [0.15, 0.2) is 0 Å². The Morgan fingerprint density at radius 3 is 2.76 bits per heavy atom. The highest BCUT2D eigenvalue weighted by Gasteiger charge is 2.26. The molecule has 0 aromatic heterocycles. The van der Waals surface area contributed by atoms with Gasteiger partial charge in [-0.1, -0.05) is 20.3 Å². The lowest BCUT2D eigenvalue weighted by Crippen LogP contribution is -2.33. The quantitative estimate of drug-likeness (QED) is 0.703. The zero-order valence-corrected chi connectivity index (χ0v) is 12.4. The molecule has 0 aromatic carbocycles. The average Bonchev–Trinajstić information content (AvgIpc) is 2.73. The zero-order valence-electron chi connectivity index (χ0n) is 11.6. The highest BCUT2D eigenvalue weighted by molar-refractivity contribution is 7.99. The van der Waals surface area contributed by atoms with Crippen molar-refractivity contribution in [2.24, 2.45) is 5.92 Å². The minimum atomic E-state index is -0.183. The van der Waals surface area contributed by atoms with E-state index in [1.807, 2.05) is 18.7 Å². The van der Waals surface area contributed by atoms with Crippen molar-refractivity contribution in [2.75, 3.05) is 12.3 Å². The Kier molecular flexibility index (Phi) is 7.56. The Balaban J connectivity index is 2.16. The molecule has 0 radical (unpaired) electrons. The molecule has 1 fully saturated rings. The molecule has 0 heterocycles. The van der Waals surface area contributed by atoms with E-state index >= 15 is 0 Å². The lowest BCUT2D eigenvalue weighted by molar-refractivity contribution is 0.196. The van der Waals surface area contributed by atoms with E-state index in [0.29, 0.717) is 5.25 Å². The van der Waals surface area contributed by atoms with Crippen LogP contribution in [0, 0.1) is 5.92 Å². The lowest BCUT2D eigenvalue weighted by atomic mass is 10.0. The summed E-state index contributed by atoms with van der Waals surface area (Å²) in [5.74, 6) is 2.07. The van der Waals surface area contributed by atoms with Crippen LogP contribution < -0.4 is 5.32 Å². The predicted molar refractivity (Wildman–Crippen MR) is 77.6 cm³/mol. The lowest BCUT2D eigenvalue weighted by Gasteiger charge is -2.22. The molecule has 1 aliphatic carbocycles. The number of aliphatic hydroxyl groups is 1. The van der Waals surface area contributed by atoms with Gasteiger partial charge in [0.05, 0.1) is 6.10 Å². The van der Waals surface area contributed by atoms with Gasteiger partial charge in [-0.05, 0) is 50.8 Å². The first-order valence-electron chi connectivity index (χ1n) is 7.18. The third-order valence-electron chi connectivity index (χ3n) is 3.86. The number of hydrogen-bond acceptors (Lipinski definition) is 3. The molecular formula is C14H29NOS. The third kappa shape index (κ3) is 5.62. The molecule has 17 heavy (non-hydrogen) atoms. The summed E-state index contributed by atoms with van der Waals surface area (Å²) in [5.41, 5.74) is 0. The van der Waals surface area contributed by atoms with Gasteiger partial charge in [-0.2, -0.15) is 11.8 Å². The fraction of sp³-hybridized carbons (Fsp3) is 1.00. The molecule has 1 saturated carbocycles. The van der Waals surface area contributed by atoms with E-state index in [1.54, 1.807) is 0 Å². The van der Waals surface area contributed by atoms with Crippen LogP contribution in [0.2, 0.25) is 0 Å². The highest BCUT2D eigenvalue weighted by atomic mass is 32.2. The van der Waals surface area contributed by atoms with Crippen molar-refractivity contribution < 1.29 is 5.11 Å². The van der Waals surface area contributed by atoms with Crippen molar-refractivity contribution in [1.29, 1.82) is 0 Å². The summed E-state index contributed by atoms with van der Waals surface area (Å²) >= 11 is 1.92. The first-order valence-corrected chi connectivity index (χ1v) is 8.23. The van der Waals surface area contributed by atoms with E-state index in [1.165, 1.54) is 44.4 Å². The Morgan fingerprint density at radius 1 is 1.35 bits per heavy atom. The normalized spacial score (nSPS) is 28.2. The molecule has 0 aromatic rings. The van der Waals surface area contributed by atoms with Crippen molar-refractivity contribution in [2.45, 2.75) is 70.3 Å². The molecule has 3 heteroatoms. The molecule has 1 aliphatic rings. The first-order chi connectivity index (χ1) is 8.15. The fourth-order valence-corrected chi connectivity index (χ4v) is 3.61. The molecule has 2 N–H and O–H groups in total. The summed E-state index contributed by atoms with van der Waals surface area (Å²) in [6, 6.07) is 0.761. The Hall–Kier alpha value is 0.270. The maximum atomic E-state index is 9.45. The monoisotopic (exact) mass is 259 g/mol. The minimum Gasteiger partial charge on any atom is -0.392 e. The number of nitrogens with one attached hydrogen (secondary N) is 1. The molecule has 0 saturated heterocycles. The Labute approximate surface area is 111 Å². The number of aliphatic hydroxyl groups excluding tert-OH is 1. The molecule has 1 rings (SSSR count). The van der Waals surface area contributed by atoms with Gasteiger partial charge in [-0.15, -0.1) is 0 Å². The van der Waals surface area contributed by atoms with Gasteiger partial charge in [-0.25, -0.2) is 0 Å².